The fourth-order valence-electron chi connectivity index (χ4n) is 1.55. The van der Waals surface area contributed by atoms with Crippen LogP contribution >= 0.6 is 11.6 Å². The Labute approximate surface area is 98.9 Å². The Kier molecular flexibility index (Phi) is 4.00. The van der Waals surface area contributed by atoms with E-state index in [-0.39, 0.29) is 31.3 Å². The molecule has 0 atom stereocenters. The van der Waals surface area contributed by atoms with Gasteiger partial charge in [-0.25, -0.2) is 0 Å². The van der Waals surface area contributed by atoms with Gasteiger partial charge >= 0.3 is 0 Å². The molecule has 0 aromatic heterocycles. The van der Waals surface area contributed by atoms with Crippen molar-refractivity contribution >= 4 is 11.6 Å². The van der Waals surface area contributed by atoms with Gasteiger partial charge in [-0.05, 0) is 31.9 Å². The first-order valence-electron chi connectivity index (χ1n) is 3.94. The first kappa shape index (κ1) is 12.6. The fourth-order valence-corrected chi connectivity index (χ4v) is 1.83. The van der Waals surface area contributed by atoms with Crippen LogP contribution in [0.3, 0.4) is 0 Å². The van der Waals surface area contributed by atoms with Crippen molar-refractivity contribution < 1.29 is 25.8 Å². The first-order valence-corrected chi connectivity index (χ1v) is 4.32. The zero-order valence-corrected chi connectivity index (χ0v) is 12.7. The second-order valence-corrected chi connectivity index (χ2v) is 4.19. The molecule has 1 aliphatic rings. The van der Waals surface area contributed by atoms with Gasteiger partial charge in [-0.15, -0.1) is 0 Å². The Morgan fingerprint density at radius 3 is 1.50 bits per heavy atom. The average Bonchev–Trinajstić information content (AvgIpc) is 2.06. The molecule has 12 heavy (non-hydrogen) atoms. The molecule has 0 amide bonds. The average molecular weight is 349 g/mol. The largest absolute Gasteiger partial charge is 0.0879 e. The summed E-state index contributed by atoms with van der Waals surface area (Å²) >= 11 is 6.18. The van der Waals surface area contributed by atoms with Gasteiger partial charge in [0.1, 0.15) is 0 Å². The smallest absolute Gasteiger partial charge is 0.0309 e. The molecular weight excluding hydrogens is 334 g/mol. The van der Waals surface area contributed by atoms with Crippen LogP contribution in [0.25, 0.3) is 0 Å². The van der Waals surface area contributed by atoms with Gasteiger partial charge in [0.15, 0.2) is 0 Å². The van der Waals surface area contributed by atoms with Gasteiger partial charge in [-0.2, -0.15) is 0 Å². The Balaban J connectivity index is 0.00000121. The van der Waals surface area contributed by atoms with Crippen LogP contribution < -0.4 is 0 Å². The third kappa shape index (κ3) is 1.63. The van der Waals surface area contributed by atoms with Crippen molar-refractivity contribution in [3.05, 3.63) is 21.8 Å². The summed E-state index contributed by atoms with van der Waals surface area (Å²) in [6.45, 7) is 10.7. The van der Waals surface area contributed by atoms with Gasteiger partial charge in [0.25, 0.3) is 0 Å². The number of allylic oxidation sites excluding steroid dienone is 4. The molecule has 1 rings (SSSR count). The normalized spacial score (nSPS) is 21.5. The molecule has 0 aromatic carbocycles. The third-order valence-corrected chi connectivity index (χ3v) is 3.70. The van der Waals surface area contributed by atoms with E-state index in [0.717, 1.165) is 5.03 Å². The van der Waals surface area contributed by atoms with Crippen LogP contribution in [0.5, 0.6) is 0 Å². The Bertz CT molecular complexity index is 233. The van der Waals surface area contributed by atoms with Crippen molar-refractivity contribution in [2.75, 3.05) is 0 Å². The number of hydrogen-bond acceptors (Lipinski definition) is 0. The minimum atomic E-state index is 0. The predicted molar refractivity (Wildman–Crippen MR) is 50.7 cm³/mol. The third-order valence-electron chi connectivity index (χ3n) is 2.94. The van der Waals surface area contributed by atoms with Crippen molar-refractivity contribution in [3.63, 3.8) is 0 Å². The standard InChI is InChI=1S/C10H15Cl.Hf/c1-6-7(2)9(11)10(4,5)8(6)3;/h1-5H3;. The molecule has 0 bridgehead atoms. The molecule has 0 spiro atoms. The van der Waals surface area contributed by atoms with Gasteiger partial charge in [0.05, 0.1) is 0 Å². The summed E-state index contributed by atoms with van der Waals surface area (Å²) in [5.74, 6) is 0. The van der Waals surface area contributed by atoms with E-state index in [4.69, 9.17) is 11.6 Å². The molecular formula is C10H15ClHf. The molecule has 0 nitrogen and oxygen atoms in total. The maximum absolute atomic E-state index is 6.18. The number of rotatable bonds is 0. The number of halogens is 1. The van der Waals surface area contributed by atoms with E-state index in [1.807, 2.05) is 0 Å². The van der Waals surface area contributed by atoms with Gasteiger partial charge < -0.3 is 0 Å². The van der Waals surface area contributed by atoms with Gasteiger partial charge in [-0.1, -0.05) is 31.0 Å². The maximum Gasteiger partial charge on any atom is 0.0309 e. The zero-order valence-electron chi connectivity index (χ0n) is 8.38. The van der Waals surface area contributed by atoms with E-state index in [9.17, 15) is 0 Å². The maximum atomic E-state index is 6.18. The summed E-state index contributed by atoms with van der Waals surface area (Å²) in [5, 5.41) is 1.01. The van der Waals surface area contributed by atoms with Crippen molar-refractivity contribution in [1.29, 1.82) is 0 Å². The van der Waals surface area contributed by atoms with E-state index in [1.54, 1.807) is 0 Å². The molecule has 0 fully saturated rings. The summed E-state index contributed by atoms with van der Waals surface area (Å²) in [6.07, 6.45) is 0. The van der Waals surface area contributed by atoms with Gasteiger partial charge in [0, 0.05) is 36.3 Å². The summed E-state index contributed by atoms with van der Waals surface area (Å²) in [5.41, 5.74) is 4.10. The van der Waals surface area contributed by atoms with Gasteiger partial charge in [0.2, 0.25) is 0 Å². The van der Waals surface area contributed by atoms with E-state index in [2.05, 4.69) is 34.6 Å². The molecule has 2 heteroatoms. The van der Waals surface area contributed by atoms with Crippen LogP contribution in [0.2, 0.25) is 0 Å². The van der Waals surface area contributed by atoms with Crippen LogP contribution in [0, 0.1) is 5.41 Å². The van der Waals surface area contributed by atoms with Crippen molar-refractivity contribution in [3.8, 4) is 0 Å². The Morgan fingerprint density at radius 1 is 1.00 bits per heavy atom. The van der Waals surface area contributed by atoms with E-state index in [0.29, 0.717) is 0 Å². The summed E-state index contributed by atoms with van der Waals surface area (Å²) in [7, 11) is 0. The number of hydrogen-bond donors (Lipinski definition) is 0. The first-order chi connectivity index (χ1) is 4.89. The summed E-state index contributed by atoms with van der Waals surface area (Å²) in [4.78, 5) is 0. The van der Waals surface area contributed by atoms with Crippen LogP contribution in [-0.2, 0) is 25.8 Å². The molecule has 0 radical (unpaired) electrons. The van der Waals surface area contributed by atoms with Crippen molar-refractivity contribution in [2.45, 2.75) is 34.6 Å². The van der Waals surface area contributed by atoms with Crippen LogP contribution in [0.15, 0.2) is 21.8 Å². The second kappa shape index (κ2) is 3.79. The molecule has 0 saturated carbocycles. The van der Waals surface area contributed by atoms with Crippen LogP contribution in [-0.4, -0.2) is 0 Å². The summed E-state index contributed by atoms with van der Waals surface area (Å²) < 4.78 is 0. The van der Waals surface area contributed by atoms with E-state index >= 15 is 0 Å². The minimum absolute atomic E-state index is 0. The summed E-state index contributed by atoms with van der Waals surface area (Å²) in [6, 6.07) is 0. The molecule has 0 aliphatic heterocycles. The molecule has 0 heterocycles. The molecule has 1 aliphatic carbocycles. The van der Waals surface area contributed by atoms with Crippen molar-refractivity contribution in [1.82, 2.24) is 0 Å². The van der Waals surface area contributed by atoms with Crippen LogP contribution in [0.4, 0.5) is 0 Å². The molecule has 0 aromatic rings. The van der Waals surface area contributed by atoms with E-state index in [1.165, 1.54) is 16.7 Å². The van der Waals surface area contributed by atoms with Crippen molar-refractivity contribution in [2.24, 2.45) is 5.41 Å². The molecule has 0 saturated heterocycles. The van der Waals surface area contributed by atoms with Gasteiger partial charge in [-0.3, -0.25) is 0 Å². The molecule has 0 unspecified atom stereocenters. The molecule has 66 valence electrons. The SMILES string of the molecule is CC1=C(C)C(C)(C)C(Cl)=C1C.[Hf]. The topological polar surface area (TPSA) is 0 Å². The fraction of sp³-hybridized carbons (Fsp3) is 0.600. The Hall–Kier alpha value is 0.640. The second-order valence-electron chi connectivity index (χ2n) is 3.81. The Morgan fingerprint density at radius 2 is 1.42 bits per heavy atom. The molecule has 0 N–H and O–H groups in total. The zero-order chi connectivity index (χ0) is 8.81. The quantitative estimate of drug-likeness (QED) is 0.583. The van der Waals surface area contributed by atoms with Crippen LogP contribution in [0.1, 0.15) is 34.6 Å². The minimum Gasteiger partial charge on any atom is -0.0879 e. The predicted octanol–water partition coefficient (Wildman–Crippen LogP) is 3.87. The monoisotopic (exact) mass is 350 g/mol. The van der Waals surface area contributed by atoms with E-state index < -0.39 is 0 Å².